The predicted octanol–water partition coefficient (Wildman–Crippen LogP) is 2.91. The number of benzene rings is 1. The van der Waals surface area contributed by atoms with E-state index in [-0.39, 0.29) is 5.56 Å². The smallest absolute Gasteiger partial charge is 0.143 e. The minimum atomic E-state index is -0.450. The summed E-state index contributed by atoms with van der Waals surface area (Å²) in [4.78, 5) is 0. The molecule has 0 radical (unpaired) electrons. The van der Waals surface area contributed by atoms with E-state index in [1.165, 1.54) is 18.9 Å². The van der Waals surface area contributed by atoms with Gasteiger partial charge in [-0.2, -0.15) is 5.26 Å². The lowest BCUT2D eigenvalue weighted by molar-refractivity contribution is 0.624. The summed E-state index contributed by atoms with van der Waals surface area (Å²) in [7, 11) is 0. The van der Waals surface area contributed by atoms with E-state index in [2.05, 4.69) is 5.32 Å². The molecular weight excluding hydrogens is 191 g/mol. The van der Waals surface area contributed by atoms with E-state index in [1.54, 1.807) is 12.1 Å². The number of nitriles is 1. The molecule has 0 amide bonds. The van der Waals surface area contributed by atoms with Crippen LogP contribution in [0.25, 0.3) is 0 Å². The van der Waals surface area contributed by atoms with Crippen LogP contribution in [0.5, 0.6) is 0 Å². The van der Waals surface area contributed by atoms with E-state index in [4.69, 9.17) is 5.26 Å². The zero-order valence-corrected chi connectivity index (χ0v) is 8.46. The molecule has 2 nitrogen and oxygen atoms in total. The summed E-state index contributed by atoms with van der Waals surface area (Å²) < 4.78 is 13.2. The zero-order valence-electron chi connectivity index (χ0n) is 8.46. The first-order valence-electron chi connectivity index (χ1n) is 5.23. The van der Waals surface area contributed by atoms with Crippen LogP contribution in [0.2, 0.25) is 0 Å². The van der Waals surface area contributed by atoms with E-state index < -0.39 is 5.82 Å². The molecule has 1 aromatic carbocycles. The third-order valence-electron chi connectivity index (χ3n) is 2.69. The average Bonchev–Trinajstić information content (AvgIpc) is 3.02. The van der Waals surface area contributed by atoms with Crippen LogP contribution >= 0.6 is 0 Å². The Labute approximate surface area is 88.7 Å². The van der Waals surface area contributed by atoms with Crippen molar-refractivity contribution < 1.29 is 4.39 Å². The van der Waals surface area contributed by atoms with Crippen LogP contribution in [-0.4, -0.2) is 6.54 Å². The standard InChI is InChI=1S/C12H13FN2/c13-11-2-1-3-12(10(11)8-14)15-7-6-9-4-5-9/h1-3,9,15H,4-7H2. The van der Waals surface area contributed by atoms with Gasteiger partial charge in [0.2, 0.25) is 0 Å². The Morgan fingerprint density at radius 3 is 2.93 bits per heavy atom. The first-order valence-corrected chi connectivity index (χ1v) is 5.23. The first-order chi connectivity index (χ1) is 7.31. The Morgan fingerprint density at radius 1 is 1.47 bits per heavy atom. The SMILES string of the molecule is N#Cc1c(F)cccc1NCCC1CC1. The molecule has 78 valence electrons. The summed E-state index contributed by atoms with van der Waals surface area (Å²) in [5.74, 6) is 0.394. The number of anilines is 1. The van der Waals surface area contributed by atoms with Crippen LogP contribution in [0.4, 0.5) is 10.1 Å². The lowest BCUT2D eigenvalue weighted by Crippen LogP contribution is -2.04. The molecule has 0 saturated heterocycles. The molecule has 0 unspecified atom stereocenters. The lowest BCUT2D eigenvalue weighted by atomic mass is 10.1. The molecule has 0 aliphatic heterocycles. The Kier molecular flexibility index (Phi) is 2.86. The van der Waals surface area contributed by atoms with Crippen molar-refractivity contribution in [1.29, 1.82) is 5.26 Å². The van der Waals surface area contributed by atoms with Gasteiger partial charge in [0.05, 0.1) is 5.69 Å². The molecule has 1 saturated carbocycles. The van der Waals surface area contributed by atoms with Crippen molar-refractivity contribution in [3.8, 4) is 6.07 Å². The average molecular weight is 204 g/mol. The Morgan fingerprint density at radius 2 is 2.27 bits per heavy atom. The van der Waals surface area contributed by atoms with Gasteiger partial charge in [0.1, 0.15) is 17.4 Å². The Hall–Kier alpha value is -1.56. The predicted molar refractivity (Wildman–Crippen MR) is 56.9 cm³/mol. The molecule has 1 N–H and O–H groups in total. The summed E-state index contributed by atoms with van der Waals surface area (Å²) in [6.07, 6.45) is 3.74. The largest absolute Gasteiger partial charge is 0.384 e. The first kappa shape index (κ1) is 9.97. The molecule has 1 aliphatic carbocycles. The van der Waals surface area contributed by atoms with Gasteiger partial charge in [-0.25, -0.2) is 4.39 Å². The van der Waals surface area contributed by atoms with Crippen LogP contribution < -0.4 is 5.32 Å². The monoisotopic (exact) mass is 204 g/mol. The van der Waals surface area contributed by atoms with Gasteiger partial charge >= 0.3 is 0 Å². The van der Waals surface area contributed by atoms with Crippen molar-refractivity contribution in [2.75, 3.05) is 11.9 Å². The molecule has 3 heteroatoms. The van der Waals surface area contributed by atoms with Gasteiger partial charge in [-0.3, -0.25) is 0 Å². The molecule has 0 spiro atoms. The maximum absolute atomic E-state index is 13.2. The van der Waals surface area contributed by atoms with Crippen LogP contribution in [0, 0.1) is 23.1 Å². The summed E-state index contributed by atoms with van der Waals surface area (Å²) in [5.41, 5.74) is 0.728. The van der Waals surface area contributed by atoms with Gasteiger partial charge in [-0.05, 0) is 24.5 Å². The molecule has 1 aromatic rings. The van der Waals surface area contributed by atoms with E-state index in [1.807, 2.05) is 6.07 Å². The number of hydrogen-bond donors (Lipinski definition) is 1. The van der Waals surface area contributed by atoms with E-state index >= 15 is 0 Å². The fourth-order valence-corrected chi connectivity index (χ4v) is 1.60. The van der Waals surface area contributed by atoms with Crippen LogP contribution in [-0.2, 0) is 0 Å². The lowest BCUT2D eigenvalue weighted by Gasteiger charge is -2.07. The van der Waals surface area contributed by atoms with Crippen LogP contribution in [0.1, 0.15) is 24.8 Å². The Bertz CT molecular complexity index is 391. The van der Waals surface area contributed by atoms with Gasteiger partial charge < -0.3 is 5.32 Å². The minimum absolute atomic E-state index is 0.119. The van der Waals surface area contributed by atoms with Gasteiger partial charge in [-0.1, -0.05) is 18.9 Å². The van der Waals surface area contributed by atoms with Crippen molar-refractivity contribution in [2.45, 2.75) is 19.3 Å². The van der Waals surface area contributed by atoms with Gasteiger partial charge in [0.15, 0.2) is 0 Å². The van der Waals surface area contributed by atoms with Crippen molar-refractivity contribution in [2.24, 2.45) is 5.92 Å². The van der Waals surface area contributed by atoms with Crippen molar-refractivity contribution >= 4 is 5.69 Å². The second-order valence-corrected chi connectivity index (χ2v) is 3.93. The normalized spacial score (nSPS) is 14.7. The molecule has 0 aromatic heterocycles. The topological polar surface area (TPSA) is 35.8 Å². The number of rotatable bonds is 4. The van der Waals surface area contributed by atoms with Gasteiger partial charge in [-0.15, -0.1) is 0 Å². The molecule has 1 fully saturated rings. The van der Waals surface area contributed by atoms with Crippen molar-refractivity contribution in [3.63, 3.8) is 0 Å². The van der Waals surface area contributed by atoms with E-state index in [0.717, 1.165) is 18.9 Å². The van der Waals surface area contributed by atoms with E-state index in [9.17, 15) is 4.39 Å². The fourth-order valence-electron chi connectivity index (χ4n) is 1.60. The number of nitrogens with one attached hydrogen (secondary N) is 1. The highest BCUT2D eigenvalue weighted by molar-refractivity contribution is 5.57. The Balaban J connectivity index is 1.99. The summed E-state index contributed by atoms with van der Waals surface area (Å²) in [5, 5.41) is 11.9. The van der Waals surface area contributed by atoms with Gasteiger partial charge in [0.25, 0.3) is 0 Å². The zero-order chi connectivity index (χ0) is 10.7. The van der Waals surface area contributed by atoms with Crippen LogP contribution in [0.15, 0.2) is 18.2 Å². The van der Waals surface area contributed by atoms with E-state index in [0.29, 0.717) is 5.69 Å². The second-order valence-electron chi connectivity index (χ2n) is 3.93. The van der Waals surface area contributed by atoms with Crippen molar-refractivity contribution in [1.82, 2.24) is 0 Å². The third-order valence-corrected chi connectivity index (χ3v) is 2.69. The molecule has 0 bridgehead atoms. The molecule has 0 heterocycles. The summed E-state index contributed by atoms with van der Waals surface area (Å²) in [6, 6.07) is 6.56. The molecule has 2 rings (SSSR count). The molecule has 0 atom stereocenters. The van der Waals surface area contributed by atoms with Gasteiger partial charge in [0, 0.05) is 6.54 Å². The quantitative estimate of drug-likeness (QED) is 0.818. The molecular formula is C12H13FN2. The maximum Gasteiger partial charge on any atom is 0.143 e. The maximum atomic E-state index is 13.2. The third kappa shape index (κ3) is 2.47. The summed E-state index contributed by atoms with van der Waals surface area (Å²) in [6.45, 7) is 0.822. The number of halogens is 1. The second kappa shape index (κ2) is 4.31. The number of nitrogens with zero attached hydrogens (tertiary/aromatic N) is 1. The number of hydrogen-bond acceptors (Lipinski definition) is 2. The van der Waals surface area contributed by atoms with Crippen LogP contribution in [0.3, 0.4) is 0 Å². The summed E-state index contributed by atoms with van der Waals surface area (Å²) >= 11 is 0. The molecule has 15 heavy (non-hydrogen) atoms. The fraction of sp³-hybridized carbons (Fsp3) is 0.417. The van der Waals surface area contributed by atoms with Crippen molar-refractivity contribution in [3.05, 3.63) is 29.6 Å². The molecule has 1 aliphatic rings. The highest BCUT2D eigenvalue weighted by atomic mass is 19.1. The highest BCUT2D eigenvalue weighted by Gasteiger charge is 2.20. The highest BCUT2D eigenvalue weighted by Crippen LogP contribution is 2.32. The minimum Gasteiger partial charge on any atom is -0.384 e.